The number of phenols is 2. The predicted octanol–water partition coefficient (Wildman–Crippen LogP) is 0.252. The molecule has 1 aliphatic heterocycles. The molecule has 2 aromatic carbocycles. The van der Waals surface area contributed by atoms with Crippen LogP contribution in [0.15, 0.2) is 23.0 Å². The minimum Gasteiger partial charge on any atom is -0.504 e. The number of hydrogen-bond donors (Lipinski definition) is 6. The van der Waals surface area contributed by atoms with Gasteiger partial charge in [0.05, 0.1) is 29.8 Å². The molecule has 10 heteroatoms. The summed E-state index contributed by atoms with van der Waals surface area (Å²) >= 11 is 0. The number of benzene rings is 1. The molecule has 1 heterocycles. The summed E-state index contributed by atoms with van der Waals surface area (Å²) in [5.41, 5.74) is -1.50. The van der Waals surface area contributed by atoms with E-state index in [1.165, 1.54) is 0 Å². The van der Waals surface area contributed by atoms with Gasteiger partial charge in [-0.15, -0.1) is 0 Å². The Morgan fingerprint density at radius 3 is 2.46 bits per heavy atom. The number of phenolic OH excluding ortho intramolecular Hbond substituents is 2. The second-order valence-electron chi connectivity index (χ2n) is 6.41. The van der Waals surface area contributed by atoms with Crippen LogP contribution in [0.4, 0.5) is 0 Å². The highest BCUT2D eigenvalue weighted by atomic mass is 16.7. The van der Waals surface area contributed by atoms with Crippen molar-refractivity contribution >= 4 is 16.7 Å². The van der Waals surface area contributed by atoms with E-state index in [0.29, 0.717) is 6.07 Å². The highest BCUT2D eigenvalue weighted by Crippen LogP contribution is 2.44. The number of aromatic carboxylic acids is 1. The minimum absolute atomic E-state index is 0.0215. The number of carboxylic acid groups (broad SMARTS) is 1. The van der Waals surface area contributed by atoms with Crippen molar-refractivity contribution in [2.24, 2.45) is 0 Å². The summed E-state index contributed by atoms with van der Waals surface area (Å²) in [6, 6.07) is 2.83. The van der Waals surface area contributed by atoms with E-state index < -0.39 is 58.1 Å². The van der Waals surface area contributed by atoms with Gasteiger partial charge in [-0.2, -0.15) is 0 Å². The molecule has 0 aromatic heterocycles. The minimum atomic E-state index is -1.44. The molecule has 0 unspecified atom stereocenters. The van der Waals surface area contributed by atoms with Gasteiger partial charge in [-0.05, 0) is 17.5 Å². The summed E-state index contributed by atoms with van der Waals surface area (Å²) in [6.07, 6.45) is -2.36. The molecule has 3 atom stereocenters. The van der Waals surface area contributed by atoms with E-state index in [4.69, 9.17) is 9.47 Å². The van der Waals surface area contributed by atoms with E-state index in [9.17, 15) is 40.2 Å². The van der Waals surface area contributed by atoms with Crippen LogP contribution in [0.1, 0.15) is 23.2 Å². The molecule has 0 bridgehead atoms. The van der Waals surface area contributed by atoms with Crippen LogP contribution >= 0.6 is 0 Å². The molecule has 1 saturated heterocycles. The molecule has 150 valence electrons. The van der Waals surface area contributed by atoms with Crippen LogP contribution in [0.5, 0.6) is 23.0 Å². The zero-order valence-electron chi connectivity index (χ0n) is 14.4. The summed E-state index contributed by atoms with van der Waals surface area (Å²) in [5, 5.41) is 58.2. The normalized spacial score (nSPS) is 22.1. The van der Waals surface area contributed by atoms with Gasteiger partial charge in [0.25, 0.3) is 0 Å². The fourth-order valence-electron chi connectivity index (χ4n) is 3.05. The van der Waals surface area contributed by atoms with Crippen LogP contribution in [-0.2, 0) is 4.74 Å². The maximum absolute atomic E-state index is 11.9. The van der Waals surface area contributed by atoms with Crippen molar-refractivity contribution in [3.05, 3.63) is 34.0 Å². The second kappa shape index (κ2) is 7.50. The lowest BCUT2D eigenvalue weighted by molar-refractivity contribution is -0.185. The lowest BCUT2D eigenvalue weighted by Crippen LogP contribution is -2.40. The Morgan fingerprint density at radius 1 is 1.11 bits per heavy atom. The number of carbonyl (C=O) groups is 1. The Bertz CT molecular complexity index is 986. The van der Waals surface area contributed by atoms with E-state index in [-0.39, 0.29) is 30.6 Å². The van der Waals surface area contributed by atoms with Crippen molar-refractivity contribution in [2.45, 2.75) is 31.3 Å². The van der Waals surface area contributed by atoms with Crippen LogP contribution < -0.4 is 10.2 Å². The molecular formula is C18H18O10. The first kappa shape index (κ1) is 19.7. The molecule has 6 N–H and O–H groups in total. The molecule has 28 heavy (non-hydrogen) atoms. The summed E-state index contributed by atoms with van der Waals surface area (Å²) in [7, 11) is 0. The molecule has 0 saturated carbocycles. The second-order valence-corrected chi connectivity index (χ2v) is 6.41. The Morgan fingerprint density at radius 2 is 1.82 bits per heavy atom. The van der Waals surface area contributed by atoms with Gasteiger partial charge in [0.15, 0.2) is 17.2 Å². The monoisotopic (exact) mass is 394 g/mol. The molecule has 0 spiro atoms. The maximum atomic E-state index is 11.9. The zero-order chi connectivity index (χ0) is 20.6. The Hall–Kier alpha value is -3.08. The molecular weight excluding hydrogens is 376 g/mol. The van der Waals surface area contributed by atoms with Crippen molar-refractivity contribution in [3.8, 4) is 23.0 Å². The van der Waals surface area contributed by atoms with Crippen molar-refractivity contribution in [1.82, 2.24) is 0 Å². The average Bonchev–Trinajstić information content (AvgIpc) is 2.76. The summed E-state index contributed by atoms with van der Waals surface area (Å²) in [6.45, 7) is -0.357. The average molecular weight is 394 g/mol. The Balaban J connectivity index is 2.12. The summed E-state index contributed by atoms with van der Waals surface area (Å²) in [4.78, 5) is 23.2. The number of fused-ring (bicyclic) bond motifs is 1. The number of carboxylic acids is 1. The molecule has 1 fully saturated rings. The van der Waals surface area contributed by atoms with E-state index in [1.807, 2.05) is 0 Å². The van der Waals surface area contributed by atoms with Gasteiger partial charge in [-0.1, -0.05) is 0 Å². The van der Waals surface area contributed by atoms with E-state index in [1.54, 1.807) is 0 Å². The van der Waals surface area contributed by atoms with Gasteiger partial charge in [-0.3, -0.25) is 4.79 Å². The molecule has 1 aliphatic rings. The van der Waals surface area contributed by atoms with Gasteiger partial charge < -0.3 is 40.1 Å². The van der Waals surface area contributed by atoms with Gasteiger partial charge in [-0.25, -0.2) is 4.79 Å². The van der Waals surface area contributed by atoms with Gasteiger partial charge in [0.1, 0.15) is 0 Å². The maximum Gasteiger partial charge on any atom is 0.335 e. The first-order valence-electron chi connectivity index (χ1n) is 8.31. The Kier molecular flexibility index (Phi) is 5.27. The first-order chi connectivity index (χ1) is 13.2. The lowest BCUT2D eigenvalue weighted by Gasteiger charge is -2.32. The largest absolute Gasteiger partial charge is 0.504 e. The van der Waals surface area contributed by atoms with Crippen molar-refractivity contribution < 1.29 is 44.9 Å². The van der Waals surface area contributed by atoms with Crippen LogP contribution in [0, 0.1) is 0 Å². The van der Waals surface area contributed by atoms with Crippen LogP contribution in [0.25, 0.3) is 10.8 Å². The Labute approximate surface area is 157 Å². The van der Waals surface area contributed by atoms with Crippen LogP contribution in [0.3, 0.4) is 0 Å². The fraction of sp³-hybridized carbons (Fsp3) is 0.333. The van der Waals surface area contributed by atoms with Crippen molar-refractivity contribution in [1.29, 1.82) is 0 Å². The molecule has 2 aromatic rings. The van der Waals surface area contributed by atoms with E-state index >= 15 is 0 Å². The number of aliphatic hydroxyl groups is 2. The number of ether oxygens (including phenoxy) is 2. The number of hydrogen-bond acceptors (Lipinski definition) is 9. The zero-order valence-corrected chi connectivity index (χ0v) is 14.4. The van der Waals surface area contributed by atoms with Gasteiger partial charge in [0, 0.05) is 18.9 Å². The molecule has 0 aliphatic carbocycles. The number of aliphatic hydroxyl groups excluding tert-OH is 2. The standard InChI is InChI=1S/C18H18O10/c19-6-10-4-9(20)5-13(27-10)28-12-3-7-1-8(18(25)26)2-11(21)15(22)14(7)17(24)16(12)23/h1-3,9-10,13,19-20,23-24H,4-6H2,(H,21,22)(H,25,26)/t9-,10-,13-/m0/s1. The molecule has 0 amide bonds. The quantitative estimate of drug-likeness (QED) is 0.394. The molecule has 0 radical (unpaired) electrons. The smallest absolute Gasteiger partial charge is 0.335 e. The van der Waals surface area contributed by atoms with E-state index in [2.05, 4.69) is 0 Å². The fourth-order valence-corrected chi connectivity index (χ4v) is 3.05. The highest BCUT2D eigenvalue weighted by Gasteiger charge is 2.30. The van der Waals surface area contributed by atoms with Gasteiger partial charge >= 0.3 is 5.97 Å². The third kappa shape index (κ3) is 3.65. The topological polar surface area (TPSA) is 174 Å². The first-order valence-corrected chi connectivity index (χ1v) is 8.31. The predicted molar refractivity (Wildman–Crippen MR) is 93.8 cm³/mol. The van der Waals surface area contributed by atoms with Crippen LogP contribution in [0.2, 0.25) is 0 Å². The van der Waals surface area contributed by atoms with E-state index in [0.717, 1.165) is 12.1 Å². The SMILES string of the molecule is O=C(O)c1cc(=O)c(O)c2c(O)c(O)c(O[C@H]3C[C@@H](O)C[C@@H](CO)O3)cc2c1. The molecule has 10 nitrogen and oxygen atoms in total. The third-order valence-corrected chi connectivity index (χ3v) is 4.39. The number of rotatable bonds is 4. The van der Waals surface area contributed by atoms with Crippen molar-refractivity contribution in [3.63, 3.8) is 0 Å². The highest BCUT2D eigenvalue weighted by molar-refractivity contribution is 6.00. The third-order valence-electron chi connectivity index (χ3n) is 4.39. The number of aromatic hydroxyl groups is 3. The molecule has 3 rings (SSSR count). The van der Waals surface area contributed by atoms with Crippen molar-refractivity contribution in [2.75, 3.05) is 6.61 Å². The lowest BCUT2D eigenvalue weighted by atomic mass is 10.1. The van der Waals surface area contributed by atoms with Crippen LogP contribution in [-0.4, -0.2) is 61.7 Å². The summed E-state index contributed by atoms with van der Waals surface area (Å²) in [5.74, 6) is -4.39. The summed E-state index contributed by atoms with van der Waals surface area (Å²) < 4.78 is 10.9. The van der Waals surface area contributed by atoms with Gasteiger partial charge in [0.2, 0.25) is 17.5 Å².